The molecule has 0 saturated carbocycles. The molecule has 0 spiro atoms. The van der Waals surface area contributed by atoms with Crippen LogP contribution in [-0.2, 0) is 0 Å². The van der Waals surface area contributed by atoms with Crippen LogP contribution >= 0.6 is 0 Å². The van der Waals surface area contributed by atoms with Crippen molar-refractivity contribution >= 4 is 0 Å². The average molecular weight is 289 g/mol. The molecule has 0 saturated heterocycles. The summed E-state index contributed by atoms with van der Waals surface area (Å²) in [6.07, 6.45) is 0. The lowest BCUT2D eigenvalue weighted by Gasteiger charge is -2.17. The van der Waals surface area contributed by atoms with Gasteiger partial charge in [-0.2, -0.15) is 0 Å². The van der Waals surface area contributed by atoms with E-state index in [-0.39, 0.29) is 17.7 Å². The molecule has 0 amide bonds. The van der Waals surface area contributed by atoms with Gasteiger partial charge in [0.05, 0.1) is 0 Å². The standard InChI is InChI=1S/C18H21F2N/c1-5-21-13(4)14-6-7-17(20)16(10-14)18-11(2)8-15(19)9-12(18)3/h6-10,13,21H,5H2,1-4H3. The Morgan fingerprint density at radius 1 is 1.05 bits per heavy atom. The summed E-state index contributed by atoms with van der Waals surface area (Å²) in [5, 5.41) is 3.32. The summed E-state index contributed by atoms with van der Waals surface area (Å²) < 4.78 is 27.7. The molecule has 1 atom stereocenters. The maximum Gasteiger partial charge on any atom is 0.131 e. The van der Waals surface area contributed by atoms with Crippen LogP contribution in [0.4, 0.5) is 8.78 Å². The summed E-state index contributed by atoms with van der Waals surface area (Å²) in [7, 11) is 0. The number of rotatable bonds is 4. The normalized spacial score (nSPS) is 12.5. The molecule has 0 aliphatic heterocycles. The van der Waals surface area contributed by atoms with Gasteiger partial charge in [-0.3, -0.25) is 0 Å². The molecule has 21 heavy (non-hydrogen) atoms. The molecule has 2 aromatic rings. The van der Waals surface area contributed by atoms with E-state index in [2.05, 4.69) is 5.32 Å². The van der Waals surface area contributed by atoms with Gasteiger partial charge in [-0.1, -0.05) is 13.0 Å². The van der Waals surface area contributed by atoms with Crippen molar-refractivity contribution in [2.75, 3.05) is 6.54 Å². The molecule has 0 bridgehead atoms. The van der Waals surface area contributed by atoms with Gasteiger partial charge in [0.15, 0.2) is 0 Å². The lowest BCUT2D eigenvalue weighted by Crippen LogP contribution is -2.17. The van der Waals surface area contributed by atoms with Crippen LogP contribution in [0, 0.1) is 25.5 Å². The summed E-state index contributed by atoms with van der Waals surface area (Å²) in [5.41, 5.74) is 3.84. The molecule has 0 aromatic heterocycles. The minimum atomic E-state index is -0.286. The van der Waals surface area contributed by atoms with Crippen molar-refractivity contribution in [2.24, 2.45) is 0 Å². The average Bonchev–Trinajstić information content (AvgIpc) is 2.40. The maximum atomic E-state index is 14.3. The molecule has 112 valence electrons. The number of halogens is 2. The second-order valence-corrected chi connectivity index (χ2v) is 5.43. The second-order valence-electron chi connectivity index (χ2n) is 5.43. The van der Waals surface area contributed by atoms with Gasteiger partial charge in [0.2, 0.25) is 0 Å². The lowest BCUT2D eigenvalue weighted by molar-refractivity contribution is 0.592. The van der Waals surface area contributed by atoms with Crippen molar-refractivity contribution < 1.29 is 8.78 Å². The fourth-order valence-corrected chi connectivity index (χ4v) is 2.76. The van der Waals surface area contributed by atoms with Crippen molar-refractivity contribution in [3.63, 3.8) is 0 Å². The molecule has 0 fully saturated rings. The van der Waals surface area contributed by atoms with Crippen LogP contribution in [0.2, 0.25) is 0 Å². The van der Waals surface area contributed by atoms with Crippen LogP contribution in [0.25, 0.3) is 11.1 Å². The minimum Gasteiger partial charge on any atom is -0.310 e. The van der Waals surface area contributed by atoms with Gasteiger partial charge < -0.3 is 5.32 Å². The van der Waals surface area contributed by atoms with Gasteiger partial charge in [-0.25, -0.2) is 8.78 Å². The Balaban J connectivity index is 2.56. The highest BCUT2D eigenvalue weighted by atomic mass is 19.1. The van der Waals surface area contributed by atoms with Crippen molar-refractivity contribution in [1.29, 1.82) is 0 Å². The van der Waals surface area contributed by atoms with Crippen LogP contribution in [0.3, 0.4) is 0 Å². The van der Waals surface area contributed by atoms with E-state index in [1.165, 1.54) is 18.2 Å². The van der Waals surface area contributed by atoms with E-state index in [1.54, 1.807) is 6.07 Å². The Morgan fingerprint density at radius 2 is 1.67 bits per heavy atom. The smallest absolute Gasteiger partial charge is 0.131 e. The number of aryl methyl sites for hydroxylation is 2. The van der Waals surface area contributed by atoms with E-state index < -0.39 is 0 Å². The highest BCUT2D eigenvalue weighted by Crippen LogP contribution is 2.32. The first-order chi connectivity index (χ1) is 9.93. The predicted octanol–water partition coefficient (Wildman–Crippen LogP) is 4.92. The Kier molecular flexibility index (Phi) is 4.73. The summed E-state index contributed by atoms with van der Waals surface area (Å²) in [6, 6.07) is 8.18. The first-order valence-corrected chi connectivity index (χ1v) is 7.24. The van der Waals surface area contributed by atoms with Crippen molar-refractivity contribution in [3.05, 3.63) is 58.7 Å². The molecule has 1 nitrogen and oxygen atoms in total. The van der Waals surface area contributed by atoms with Crippen LogP contribution in [0.5, 0.6) is 0 Å². The molecule has 1 unspecified atom stereocenters. The SMILES string of the molecule is CCNC(C)c1ccc(F)c(-c2c(C)cc(F)cc2C)c1. The van der Waals surface area contributed by atoms with Crippen LogP contribution in [-0.4, -0.2) is 6.54 Å². The summed E-state index contributed by atoms with van der Waals surface area (Å²) in [4.78, 5) is 0. The Morgan fingerprint density at radius 3 is 2.24 bits per heavy atom. The number of hydrogen-bond donors (Lipinski definition) is 1. The van der Waals surface area contributed by atoms with E-state index in [9.17, 15) is 8.78 Å². The number of benzene rings is 2. The summed E-state index contributed by atoms with van der Waals surface area (Å²) in [5.74, 6) is -0.563. The van der Waals surface area contributed by atoms with Crippen molar-refractivity contribution in [1.82, 2.24) is 5.32 Å². The van der Waals surface area contributed by atoms with E-state index in [0.29, 0.717) is 5.56 Å². The Bertz CT molecular complexity index is 627. The topological polar surface area (TPSA) is 12.0 Å². The van der Waals surface area contributed by atoms with E-state index >= 15 is 0 Å². The van der Waals surface area contributed by atoms with Gasteiger partial charge >= 0.3 is 0 Å². The third kappa shape index (κ3) is 3.30. The Labute approximate surface area is 125 Å². The highest BCUT2D eigenvalue weighted by Gasteiger charge is 2.14. The van der Waals surface area contributed by atoms with E-state index in [4.69, 9.17) is 0 Å². The minimum absolute atomic E-state index is 0.149. The molecule has 0 radical (unpaired) electrons. The molecule has 0 heterocycles. The zero-order chi connectivity index (χ0) is 15.6. The van der Waals surface area contributed by atoms with Gasteiger partial charge in [0, 0.05) is 11.6 Å². The predicted molar refractivity (Wildman–Crippen MR) is 83.4 cm³/mol. The Hall–Kier alpha value is -1.74. The zero-order valence-electron chi connectivity index (χ0n) is 12.9. The fraction of sp³-hybridized carbons (Fsp3) is 0.333. The van der Waals surface area contributed by atoms with Gasteiger partial charge in [0.1, 0.15) is 11.6 Å². The summed E-state index contributed by atoms with van der Waals surface area (Å²) in [6.45, 7) is 8.55. The third-order valence-electron chi connectivity index (χ3n) is 3.77. The van der Waals surface area contributed by atoms with Gasteiger partial charge in [-0.05, 0) is 73.8 Å². The van der Waals surface area contributed by atoms with E-state index in [1.807, 2.05) is 33.8 Å². The fourth-order valence-electron chi connectivity index (χ4n) is 2.76. The molecular formula is C18H21F2N. The molecule has 0 aliphatic carbocycles. The molecular weight excluding hydrogens is 268 g/mol. The monoisotopic (exact) mass is 289 g/mol. The van der Waals surface area contributed by atoms with Gasteiger partial charge in [0.25, 0.3) is 0 Å². The van der Waals surface area contributed by atoms with Crippen molar-refractivity contribution in [3.8, 4) is 11.1 Å². The van der Waals surface area contributed by atoms with Crippen LogP contribution in [0.1, 0.15) is 36.6 Å². The molecule has 2 aromatic carbocycles. The number of nitrogens with one attached hydrogen (secondary N) is 1. The summed E-state index contributed by atoms with van der Waals surface area (Å²) >= 11 is 0. The molecule has 1 N–H and O–H groups in total. The van der Waals surface area contributed by atoms with E-state index in [0.717, 1.165) is 28.8 Å². The van der Waals surface area contributed by atoms with Gasteiger partial charge in [-0.15, -0.1) is 0 Å². The quantitative estimate of drug-likeness (QED) is 0.842. The first kappa shape index (κ1) is 15.6. The largest absolute Gasteiger partial charge is 0.310 e. The van der Waals surface area contributed by atoms with Crippen molar-refractivity contribution in [2.45, 2.75) is 33.7 Å². The van der Waals surface area contributed by atoms with Crippen LogP contribution < -0.4 is 5.32 Å². The number of hydrogen-bond acceptors (Lipinski definition) is 1. The molecule has 0 aliphatic rings. The molecule has 2 rings (SSSR count). The molecule has 3 heteroatoms. The second kappa shape index (κ2) is 6.35. The maximum absolute atomic E-state index is 14.3. The first-order valence-electron chi connectivity index (χ1n) is 7.24. The highest BCUT2D eigenvalue weighted by molar-refractivity contribution is 5.72. The van der Waals surface area contributed by atoms with Crippen LogP contribution in [0.15, 0.2) is 30.3 Å². The zero-order valence-corrected chi connectivity index (χ0v) is 12.9. The lowest BCUT2D eigenvalue weighted by atomic mass is 9.93. The third-order valence-corrected chi connectivity index (χ3v) is 3.77.